The van der Waals surface area contributed by atoms with Crippen molar-refractivity contribution in [2.75, 3.05) is 20.2 Å². The van der Waals surface area contributed by atoms with Crippen LogP contribution in [0, 0.1) is 5.95 Å². The zero-order valence-corrected chi connectivity index (χ0v) is 12.1. The van der Waals surface area contributed by atoms with Gasteiger partial charge >= 0.3 is 6.09 Å². The average Bonchev–Trinajstić information content (AvgIpc) is 2.26. The number of aromatic nitrogens is 1. The molecule has 6 heteroatoms. The minimum atomic E-state index is -0.543. The molecule has 1 amide bonds. The van der Waals surface area contributed by atoms with Gasteiger partial charge < -0.3 is 14.4 Å². The van der Waals surface area contributed by atoms with Gasteiger partial charge in [0.15, 0.2) is 0 Å². The first-order chi connectivity index (χ1) is 9.31. The average molecular weight is 282 g/mol. The van der Waals surface area contributed by atoms with Gasteiger partial charge in [0.1, 0.15) is 11.4 Å². The van der Waals surface area contributed by atoms with Gasteiger partial charge in [0.25, 0.3) is 0 Å². The third kappa shape index (κ3) is 3.00. The van der Waals surface area contributed by atoms with Gasteiger partial charge in [-0.3, -0.25) is 0 Å². The molecule has 0 N–H and O–H groups in total. The SMILES string of the molecule is COc1ccnc(F)c1C1CN(C(=O)OC(C)(C)C)C1. The summed E-state index contributed by atoms with van der Waals surface area (Å²) in [5, 5.41) is 0. The van der Waals surface area contributed by atoms with Crippen molar-refractivity contribution < 1.29 is 18.7 Å². The highest BCUT2D eigenvalue weighted by atomic mass is 19.1. The number of likely N-dealkylation sites (tertiary alicyclic amines) is 1. The minimum Gasteiger partial charge on any atom is -0.496 e. The lowest BCUT2D eigenvalue weighted by atomic mass is 9.92. The molecule has 2 rings (SSSR count). The number of carbonyl (C=O) groups excluding carboxylic acids is 1. The number of ether oxygens (including phenoxy) is 2. The second-order valence-electron chi connectivity index (χ2n) is 5.80. The summed E-state index contributed by atoms with van der Waals surface area (Å²) in [4.78, 5) is 17.0. The minimum absolute atomic E-state index is 0.105. The topological polar surface area (TPSA) is 51.7 Å². The predicted molar refractivity (Wildman–Crippen MR) is 71.3 cm³/mol. The normalized spacial score (nSPS) is 15.8. The van der Waals surface area contributed by atoms with Gasteiger partial charge in [-0.05, 0) is 26.8 Å². The van der Waals surface area contributed by atoms with Gasteiger partial charge in [0.05, 0.1) is 12.7 Å². The maximum Gasteiger partial charge on any atom is 0.410 e. The van der Waals surface area contributed by atoms with E-state index in [1.165, 1.54) is 13.3 Å². The lowest BCUT2D eigenvalue weighted by Crippen LogP contribution is -2.50. The van der Waals surface area contributed by atoms with Crippen LogP contribution in [0.3, 0.4) is 0 Å². The Hall–Kier alpha value is -1.85. The molecule has 1 aliphatic rings. The van der Waals surface area contributed by atoms with Crippen molar-refractivity contribution in [2.24, 2.45) is 0 Å². The molecular weight excluding hydrogens is 263 g/mol. The molecule has 0 aliphatic carbocycles. The number of pyridine rings is 1. The van der Waals surface area contributed by atoms with E-state index in [2.05, 4.69) is 4.98 Å². The summed E-state index contributed by atoms with van der Waals surface area (Å²) in [5.74, 6) is -0.185. The van der Waals surface area contributed by atoms with Gasteiger partial charge in [0.2, 0.25) is 5.95 Å². The Balaban J connectivity index is 2.02. The maximum atomic E-state index is 13.8. The van der Waals surface area contributed by atoms with Gasteiger partial charge in [-0.25, -0.2) is 9.78 Å². The Kier molecular flexibility index (Phi) is 3.83. The zero-order chi connectivity index (χ0) is 14.9. The van der Waals surface area contributed by atoms with Crippen LogP contribution in [0.2, 0.25) is 0 Å². The van der Waals surface area contributed by atoms with E-state index in [0.717, 1.165) is 0 Å². The van der Waals surface area contributed by atoms with Crippen LogP contribution in [-0.4, -0.2) is 41.8 Å². The summed E-state index contributed by atoms with van der Waals surface area (Å²) in [6.45, 7) is 6.26. The first-order valence-electron chi connectivity index (χ1n) is 6.48. The number of carbonyl (C=O) groups is 1. The molecule has 0 aromatic carbocycles. The summed E-state index contributed by atoms with van der Waals surface area (Å²) >= 11 is 0. The molecule has 1 fully saturated rings. The van der Waals surface area contributed by atoms with E-state index in [1.54, 1.807) is 11.0 Å². The summed E-state index contributed by atoms with van der Waals surface area (Å²) < 4.78 is 24.2. The molecule has 1 saturated heterocycles. The molecule has 1 aromatic heterocycles. The molecule has 0 saturated carbocycles. The van der Waals surface area contributed by atoms with Crippen molar-refractivity contribution >= 4 is 6.09 Å². The third-order valence-corrected chi connectivity index (χ3v) is 3.06. The highest BCUT2D eigenvalue weighted by Gasteiger charge is 2.37. The van der Waals surface area contributed by atoms with Crippen LogP contribution < -0.4 is 4.74 Å². The number of amides is 1. The smallest absolute Gasteiger partial charge is 0.410 e. The monoisotopic (exact) mass is 282 g/mol. The number of nitrogens with zero attached hydrogens (tertiary/aromatic N) is 2. The van der Waals surface area contributed by atoms with E-state index in [0.29, 0.717) is 24.4 Å². The second-order valence-corrected chi connectivity index (χ2v) is 5.80. The van der Waals surface area contributed by atoms with Crippen LogP contribution in [0.15, 0.2) is 12.3 Å². The second kappa shape index (κ2) is 5.26. The van der Waals surface area contributed by atoms with Crippen LogP contribution in [0.5, 0.6) is 5.75 Å². The number of hydrogen-bond acceptors (Lipinski definition) is 4. The summed E-state index contributed by atoms with van der Waals surface area (Å²) in [7, 11) is 1.49. The highest BCUT2D eigenvalue weighted by molar-refractivity contribution is 5.69. The zero-order valence-electron chi connectivity index (χ0n) is 12.1. The molecule has 0 radical (unpaired) electrons. The van der Waals surface area contributed by atoms with Gasteiger partial charge in [-0.1, -0.05) is 0 Å². The Morgan fingerprint density at radius 3 is 2.65 bits per heavy atom. The molecule has 5 nitrogen and oxygen atoms in total. The molecule has 0 spiro atoms. The standard InChI is InChI=1S/C14H19FN2O3/c1-14(2,3)20-13(18)17-7-9(8-17)11-10(19-4)5-6-16-12(11)15/h5-6,9H,7-8H2,1-4H3. The largest absolute Gasteiger partial charge is 0.496 e. The van der Waals surface area contributed by atoms with E-state index in [9.17, 15) is 9.18 Å². The first kappa shape index (κ1) is 14.6. The lowest BCUT2D eigenvalue weighted by molar-refractivity contribution is 0.00763. The van der Waals surface area contributed by atoms with Gasteiger partial charge in [-0.15, -0.1) is 0 Å². The van der Waals surface area contributed by atoms with Crippen LogP contribution in [-0.2, 0) is 4.74 Å². The number of halogens is 1. The Morgan fingerprint density at radius 2 is 2.10 bits per heavy atom. The number of hydrogen-bond donors (Lipinski definition) is 0. The van der Waals surface area contributed by atoms with Crippen LogP contribution >= 0.6 is 0 Å². The molecule has 1 aliphatic heterocycles. The Morgan fingerprint density at radius 1 is 1.45 bits per heavy atom. The van der Waals surface area contributed by atoms with E-state index in [4.69, 9.17) is 9.47 Å². The molecule has 110 valence electrons. The number of methoxy groups -OCH3 is 1. The van der Waals surface area contributed by atoms with Gasteiger partial charge in [-0.2, -0.15) is 4.39 Å². The van der Waals surface area contributed by atoms with Crippen molar-refractivity contribution in [1.82, 2.24) is 9.88 Å². The lowest BCUT2D eigenvalue weighted by Gasteiger charge is -2.40. The van der Waals surface area contributed by atoms with Crippen molar-refractivity contribution in [3.8, 4) is 5.75 Å². The van der Waals surface area contributed by atoms with Crippen LogP contribution in [0.1, 0.15) is 32.3 Å². The predicted octanol–water partition coefficient (Wildman–Crippen LogP) is 2.56. The fourth-order valence-corrected chi connectivity index (χ4v) is 2.12. The van der Waals surface area contributed by atoms with Gasteiger partial charge in [0, 0.05) is 25.2 Å². The van der Waals surface area contributed by atoms with E-state index >= 15 is 0 Å². The van der Waals surface area contributed by atoms with Crippen LogP contribution in [0.25, 0.3) is 0 Å². The quantitative estimate of drug-likeness (QED) is 0.782. The van der Waals surface area contributed by atoms with Crippen molar-refractivity contribution in [1.29, 1.82) is 0 Å². The number of rotatable bonds is 2. The van der Waals surface area contributed by atoms with Crippen molar-refractivity contribution in [2.45, 2.75) is 32.3 Å². The fraction of sp³-hybridized carbons (Fsp3) is 0.571. The van der Waals surface area contributed by atoms with E-state index < -0.39 is 11.5 Å². The van der Waals surface area contributed by atoms with Crippen molar-refractivity contribution in [3.05, 3.63) is 23.8 Å². The van der Waals surface area contributed by atoms with E-state index in [1.807, 2.05) is 20.8 Å². The molecule has 0 atom stereocenters. The summed E-state index contributed by atoms with van der Waals surface area (Å²) in [5.41, 5.74) is -0.103. The van der Waals surface area contributed by atoms with Crippen LogP contribution in [0.4, 0.5) is 9.18 Å². The molecular formula is C14H19FN2O3. The fourth-order valence-electron chi connectivity index (χ4n) is 2.12. The third-order valence-electron chi connectivity index (χ3n) is 3.06. The maximum absolute atomic E-state index is 13.8. The van der Waals surface area contributed by atoms with E-state index in [-0.39, 0.29) is 12.0 Å². The summed E-state index contributed by atoms with van der Waals surface area (Å²) in [6, 6.07) is 1.62. The van der Waals surface area contributed by atoms with Crippen molar-refractivity contribution in [3.63, 3.8) is 0 Å². The Bertz CT molecular complexity index is 508. The first-order valence-corrected chi connectivity index (χ1v) is 6.48. The molecule has 0 unspecified atom stereocenters. The Labute approximate surface area is 117 Å². The molecule has 0 bridgehead atoms. The molecule has 20 heavy (non-hydrogen) atoms. The summed E-state index contributed by atoms with van der Waals surface area (Å²) in [6.07, 6.45) is 0.985. The highest BCUT2D eigenvalue weighted by Crippen LogP contribution is 2.35. The molecule has 2 heterocycles. The molecule has 1 aromatic rings.